The second-order valence-corrected chi connectivity index (χ2v) is 17.4. The van der Waals surface area contributed by atoms with Crippen molar-refractivity contribution in [1.29, 1.82) is 0 Å². The van der Waals surface area contributed by atoms with Gasteiger partial charge in [-0.3, -0.25) is 0 Å². The van der Waals surface area contributed by atoms with Crippen molar-refractivity contribution in [3.05, 3.63) is 21.3 Å². The summed E-state index contributed by atoms with van der Waals surface area (Å²) in [5.74, 6) is 1.37. The molecule has 10 heteroatoms. The van der Waals surface area contributed by atoms with E-state index in [2.05, 4.69) is 41.0 Å². The third-order valence-electron chi connectivity index (χ3n) is 13.7. The minimum absolute atomic E-state index is 0. The Morgan fingerprint density at radius 1 is 0.580 bits per heavy atom. The maximum Gasteiger partial charge on any atom is 6.00 e. The third kappa shape index (κ3) is 11.1. The van der Waals surface area contributed by atoms with Crippen LogP contribution < -0.4 is 5.32 Å². The van der Waals surface area contributed by atoms with Crippen LogP contribution in [0.2, 0.25) is 0 Å². The molecule has 50 heavy (non-hydrogen) atoms. The molecule has 7 heterocycles. The predicted molar refractivity (Wildman–Crippen MR) is 211 cm³/mol. The number of hydrogen-bond donors (Lipinski definition) is 1. The maximum absolute atomic E-state index is 5.77. The molecule has 10 atom stereocenters. The van der Waals surface area contributed by atoms with Crippen molar-refractivity contribution in [2.24, 2.45) is 11.8 Å². The van der Waals surface area contributed by atoms with Gasteiger partial charge in [0.1, 0.15) is 0 Å². The van der Waals surface area contributed by atoms with Gasteiger partial charge in [0.15, 0.2) is 5.11 Å². The number of piperidine rings is 6. The molecule has 7 saturated heterocycles. The monoisotopic (exact) mass is 798 g/mol. The van der Waals surface area contributed by atoms with Gasteiger partial charge in [-0.2, -0.15) is 0 Å². The van der Waals surface area contributed by atoms with Crippen molar-refractivity contribution < 1.29 is 19.5 Å². The van der Waals surface area contributed by atoms with E-state index in [1.165, 1.54) is 135 Å². The zero-order valence-corrected chi connectivity index (χ0v) is 34.6. The Bertz CT molecular complexity index is 943. The number of likely N-dealkylation sites (N-methyl/N-ethyl adjacent to an activating group) is 2. The van der Waals surface area contributed by atoms with Crippen LogP contribution in [-0.2, 0) is 19.5 Å². The van der Waals surface area contributed by atoms with Crippen LogP contribution in [0.15, 0.2) is 0 Å². The quantitative estimate of drug-likeness (QED) is 0.230. The number of thiocarbonyl (C=S) groups is 1. The van der Waals surface area contributed by atoms with Gasteiger partial charge in [-0.25, -0.2) is 0 Å². The molecule has 0 aromatic heterocycles. The summed E-state index contributed by atoms with van der Waals surface area (Å²) in [4.78, 5) is 7.47. The van der Waals surface area contributed by atoms with E-state index in [-0.39, 0.29) is 19.5 Å². The standard InChI is InChI=1S/C18H30N4S.2C11H21N2.Ru/c1-12-5-4-10-22(12)18(23)21-15-11-13-6-2-8-19-16(13)17-14(15)7-3-9-20-17;2*1-13-9-5-3-7-11(13)10-6-2-4-8-12-10;/h12-17H,2-11H2,1H3,(H,21,23);2*10-11H,2-9H2,1H3;/q-2;2*-1;+6. The third-order valence-corrected chi connectivity index (χ3v) is 14.0. The molecule has 8 fully saturated rings. The molecule has 8 rings (SSSR count). The van der Waals surface area contributed by atoms with E-state index < -0.39 is 0 Å². The number of nitrogens with one attached hydrogen (secondary N) is 1. The molecule has 8 aliphatic rings. The molecule has 0 spiro atoms. The summed E-state index contributed by atoms with van der Waals surface area (Å²) in [5, 5.41) is 24.3. The fourth-order valence-corrected chi connectivity index (χ4v) is 11.2. The fraction of sp³-hybridized carbons (Fsp3) is 0.975. The molecule has 0 bridgehead atoms. The normalized spacial score (nSPS) is 39.6. The Morgan fingerprint density at radius 3 is 1.68 bits per heavy atom. The van der Waals surface area contributed by atoms with Crippen LogP contribution >= 0.6 is 12.2 Å². The number of hydrogen-bond acceptors (Lipinski definition) is 3. The largest absolute Gasteiger partial charge is 6.00 e. The van der Waals surface area contributed by atoms with E-state index in [9.17, 15) is 0 Å². The predicted octanol–water partition coefficient (Wildman–Crippen LogP) is 8.21. The van der Waals surface area contributed by atoms with Crippen molar-refractivity contribution in [3.63, 3.8) is 0 Å². The average molecular weight is 798 g/mol. The molecule has 1 aliphatic carbocycles. The molecule has 284 valence electrons. The molecule has 1 N–H and O–H groups in total. The molecule has 0 aromatic carbocycles. The Balaban J connectivity index is 0.000000155. The Morgan fingerprint density at radius 2 is 1.14 bits per heavy atom. The Kier molecular flexibility index (Phi) is 17.5. The van der Waals surface area contributed by atoms with E-state index in [4.69, 9.17) is 33.5 Å². The van der Waals surface area contributed by atoms with Gasteiger partial charge >= 0.3 is 19.5 Å². The van der Waals surface area contributed by atoms with Crippen LogP contribution in [0, 0.1) is 11.8 Å². The Hall–Kier alpha value is 0.0734. The van der Waals surface area contributed by atoms with Crippen LogP contribution in [0.4, 0.5) is 0 Å². The van der Waals surface area contributed by atoms with E-state index in [0.717, 1.165) is 55.8 Å². The molecule has 8 nitrogen and oxygen atoms in total. The summed E-state index contributed by atoms with van der Waals surface area (Å²) in [6.07, 6.45) is 25.4. The van der Waals surface area contributed by atoms with Crippen molar-refractivity contribution in [1.82, 2.24) is 20.0 Å². The summed E-state index contributed by atoms with van der Waals surface area (Å²) < 4.78 is 0. The van der Waals surface area contributed by atoms with Crippen LogP contribution in [0.1, 0.15) is 129 Å². The van der Waals surface area contributed by atoms with Gasteiger partial charge in [-0.1, -0.05) is 83.0 Å². The second kappa shape index (κ2) is 21.2. The summed E-state index contributed by atoms with van der Waals surface area (Å²) in [7, 11) is 4.54. The summed E-state index contributed by atoms with van der Waals surface area (Å²) >= 11 is 5.77. The molecule has 0 radical (unpaired) electrons. The second-order valence-electron chi connectivity index (χ2n) is 17.0. The molecule has 0 amide bonds. The van der Waals surface area contributed by atoms with Gasteiger partial charge < -0.3 is 41.3 Å². The van der Waals surface area contributed by atoms with Gasteiger partial charge in [-0.05, 0) is 109 Å². The van der Waals surface area contributed by atoms with Crippen LogP contribution in [0.25, 0.3) is 21.3 Å². The van der Waals surface area contributed by atoms with E-state index in [0.29, 0.717) is 42.2 Å². The maximum atomic E-state index is 5.77. The first kappa shape index (κ1) is 41.2. The average Bonchev–Trinajstić information content (AvgIpc) is 3.59. The van der Waals surface area contributed by atoms with Crippen molar-refractivity contribution in [2.45, 2.75) is 177 Å². The van der Waals surface area contributed by atoms with E-state index in [1.54, 1.807) is 0 Å². The first-order valence-corrected chi connectivity index (χ1v) is 21.5. The summed E-state index contributed by atoms with van der Waals surface area (Å²) in [6, 6.07) is 4.95. The number of fused-ring (bicyclic) bond motifs is 3. The molecular formula is C40H72N8RuS+2. The Labute approximate surface area is 325 Å². The van der Waals surface area contributed by atoms with Crippen LogP contribution in [-0.4, -0.2) is 128 Å². The smallest absolute Gasteiger partial charge is 0.660 e. The molecule has 10 unspecified atom stereocenters. The first-order valence-electron chi connectivity index (χ1n) is 21.1. The first-order chi connectivity index (χ1) is 24.0. The minimum atomic E-state index is 0. The zero-order valence-electron chi connectivity index (χ0n) is 32.1. The summed E-state index contributed by atoms with van der Waals surface area (Å²) in [6.45, 7) is 10.3. The molecule has 0 aromatic rings. The van der Waals surface area contributed by atoms with Crippen LogP contribution in [0.5, 0.6) is 0 Å². The summed E-state index contributed by atoms with van der Waals surface area (Å²) in [5.41, 5.74) is 0. The number of likely N-dealkylation sites (tertiary alicyclic amines) is 3. The van der Waals surface area contributed by atoms with E-state index >= 15 is 0 Å². The molecule has 1 saturated carbocycles. The molecular weight excluding hydrogens is 726 g/mol. The zero-order chi connectivity index (χ0) is 34.0. The van der Waals surface area contributed by atoms with Gasteiger partial charge in [0.05, 0.1) is 0 Å². The van der Waals surface area contributed by atoms with Gasteiger partial charge in [0, 0.05) is 18.6 Å². The van der Waals surface area contributed by atoms with Crippen molar-refractivity contribution >= 4 is 17.3 Å². The topological polar surface area (TPSA) is 78.2 Å². The number of rotatable bonds is 3. The van der Waals surface area contributed by atoms with Crippen molar-refractivity contribution in [2.75, 3.05) is 59.9 Å². The molecule has 7 aliphatic heterocycles. The van der Waals surface area contributed by atoms with Gasteiger partial charge in [0.2, 0.25) is 0 Å². The SMILES string of the molecule is CC1CCCN1C(=S)NC1CC2CCC[N-]C2C2[N-]CCCC12.CN1CCCCC1C1CCCC[N-]1.CN1CCCCC1C1CCCC[N-]1.[Ru+6]. The fourth-order valence-electron chi connectivity index (χ4n) is 10.8. The van der Waals surface area contributed by atoms with Gasteiger partial charge in [0.25, 0.3) is 0 Å². The minimum Gasteiger partial charge on any atom is -0.660 e. The van der Waals surface area contributed by atoms with Crippen LogP contribution in [0.3, 0.4) is 0 Å². The number of nitrogens with zero attached hydrogens (tertiary/aromatic N) is 7. The van der Waals surface area contributed by atoms with E-state index in [1.807, 2.05) is 0 Å². The van der Waals surface area contributed by atoms with Crippen molar-refractivity contribution in [3.8, 4) is 0 Å². The van der Waals surface area contributed by atoms with Gasteiger partial charge in [-0.15, -0.1) is 50.3 Å².